The normalized spacial score (nSPS) is 11.5. The van der Waals surface area contributed by atoms with Crippen molar-refractivity contribution in [2.24, 2.45) is 16.5 Å². The Kier molecular flexibility index (Phi) is 58.0. The van der Waals surface area contributed by atoms with Crippen LogP contribution in [0.15, 0.2) is 247 Å². The van der Waals surface area contributed by atoms with Gasteiger partial charge >= 0.3 is 11.9 Å². The molecule has 0 radical (unpaired) electrons. The Bertz CT molecular complexity index is 4660. The summed E-state index contributed by atoms with van der Waals surface area (Å²) in [6.45, 7) is 33.7. The predicted octanol–water partition coefficient (Wildman–Crippen LogP) is 22.7. The molecule has 0 fully saturated rings. The van der Waals surface area contributed by atoms with Gasteiger partial charge in [0, 0.05) is 68.0 Å². The maximum Gasteiger partial charge on any atom is 0.331 e. The van der Waals surface area contributed by atoms with Gasteiger partial charge < -0.3 is 45.8 Å². The maximum atomic E-state index is 13.4. The number of aliphatic hydroxyl groups is 1. The molecule has 28 heteroatoms. The molecule has 0 bridgehead atoms. The van der Waals surface area contributed by atoms with Crippen LogP contribution in [0.4, 0.5) is 0 Å². The SMILES string of the molecule is CCCCC(=N)OCC.CCCCC(N)=N[C@@H](C)c1ccccc1.CCCCc1nc(O)c(S(=O)(=O)c2ccc(Br)cc2)c(=O)n1[C@@H](C)c1ccccc1.CCCCc1nc(O)c(Sc2ccc(Br)cc2)c(=O)n1[C@@H](C)c1ccccc1.CCO.CCOC(=O)C(Sc1ccc(Br)cc1)C(=O)OCC.C[C@H](N)c1ccccc1.Cl.[C-]#[N+]CCCC. The summed E-state index contributed by atoms with van der Waals surface area (Å²) in [6.07, 6.45) is 13.0. The molecule has 0 spiro atoms. The van der Waals surface area contributed by atoms with Crippen LogP contribution in [-0.4, -0.2) is 105 Å². The minimum Gasteiger partial charge on any atom is -0.492 e. The van der Waals surface area contributed by atoms with Gasteiger partial charge in [-0.05, 0) is 183 Å². The van der Waals surface area contributed by atoms with E-state index in [1.807, 2.05) is 192 Å². The molecule has 0 saturated heterocycles. The van der Waals surface area contributed by atoms with Crippen LogP contribution in [-0.2, 0) is 46.5 Å². The van der Waals surface area contributed by atoms with Gasteiger partial charge in [0.15, 0.2) is 10.8 Å². The van der Waals surface area contributed by atoms with Gasteiger partial charge in [0.05, 0.1) is 48.7 Å². The quantitative estimate of drug-likeness (QED) is 0.00434. The van der Waals surface area contributed by atoms with Gasteiger partial charge in [-0.15, -0.1) is 12.4 Å². The van der Waals surface area contributed by atoms with E-state index in [9.17, 15) is 37.8 Å². The number of esters is 2. The van der Waals surface area contributed by atoms with Crippen molar-refractivity contribution < 1.29 is 47.5 Å². The molecule has 8 N–H and O–H groups in total. The van der Waals surface area contributed by atoms with Crippen molar-refractivity contribution in [2.75, 3.05) is 33.0 Å². The van der Waals surface area contributed by atoms with Crippen molar-refractivity contribution in [3.8, 4) is 11.8 Å². The summed E-state index contributed by atoms with van der Waals surface area (Å²) in [4.78, 5) is 67.8. The number of carbonyl (C=O) groups excluding carboxylic acids is 2. The Morgan fingerprint density at radius 2 is 0.917 bits per heavy atom. The molecule has 0 saturated carbocycles. The Labute approximate surface area is 751 Å². The monoisotopic (exact) mass is 1910 g/mol. The average Bonchev–Trinajstić information content (AvgIpc) is 0.752. The number of aryl methyl sites for hydroxylation is 2. The fraction of sp³-hybridized carbons (Fsp3) is 0.402. The number of carbonyl (C=O) groups is 2. The smallest absolute Gasteiger partial charge is 0.331 e. The van der Waals surface area contributed by atoms with Crippen LogP contribution in [0.3, 0.4) is 0 Å². The molecular formula is C92H123Br3ClN9O12S3. The molecule has 2 aromatic heterocycles. The number of aromatic nitrogens is 4. The molecule has 7 aromatic carbocycles. The first-order chi connectivity index (χ1) is 57.0. The van der Waals surface area contributed by atoms with Crippen LogP contribution in [0.5, 0.6) is 11.8 Å². The van der Waals surface area contributed by atoms with Crippen molar-refractivity contribution in [1.29, 1.82) is 5.41 Å². The van der Waals surface area contributed by atoms with Gasteiger partial charge in [-0.2, -0.15) is 9.97 Å². The highest BCUT2D eigenvalue weighted by atomic mass is 79.9. The van der Waals surface area contributed by atoms with Crippen LogP contribution in [0.1, 0.15) is 225 Å². The molecule has 120 heavy (non-hydrogen) atoms. The van der Waals surface area contributed by atoms with Crippen molar-refractivity contribution in [1.82, 2.24) is 19.1 Å². The fourth-order valence-electron chi connectivity index (χ4n) is 10.7. The van der Waals surface area contributed by atoms with Gasteiger partial charge in [0.25, 0.3) is 11.1 Å². The van der Waals surface area contributed by atoms with Crippen LogP contribution in [0.25, 0.3) is 4.85 Å². The molecule has 0 aliphatic heterocycles. The number of nitrogens with one attached hydrogen (secondary N) is 1. The second-order valence-electron chi connectivity index (χ2n) is 26.6. The highest BCUT2D eigenvalue weighted by Gasteiger charge is 2.33. The van der Waals surface area contributed by atoms with Gasteiger partial charge in [-0.1, -0.05) is 253 Å². The zero-order valence-corrected chi connectivity index (χ0v) is 79.4. The Morgan fingerprint density at radius 1 is 0.542 bits per heavy atom. The van der Waals surface area contributed by atoms with E-state index < -0.39 is 49.4 Å². The number of rotatable bonds is 32. The first kappa shape index (κ1) is 110. The Morgan fingerprint density at radius 3 is 1.30 bits per heavy atom. The van der Waals surface area contributed by atoms with Crippen LogP contribution in [0.2, 0.25) is 0 Å². The number of aliphatic imine (C=N–C) groups is 1. The lowest BCUT2D eigenvalue weighted by molar-refractivity contribution is -0.152. The molecule has 654 valence electrons. The van der Waals surface area contributed by atoms with Gasteiger partial charge in [0.2, 0.25) is 33.4 Å². The van der Waals surface area contributed by atoms with Crippen molar-refractivity contribution in [3.05, 3.63) is 274 Å². The van der Waals surface area contributed by atoms with E-state index in [2.05, 4.69) is 114 Å². The van der Waals surface area contributed by atoms with Gasteiger partial charge in [-0.3, -0.25) is 38.7 Å². The topological polar surface area (TPSA) is 319 Å². The van der Waals surface area contributed by atoms with Crippen LogP contribution >= 0.6 is 83.7 Å². The standard InChI is InChI=1S/C22H23BrN2O4S.C22H23BrN2O2S.C13H15BrO4S.C13H20N2.C8H11N.C7H15NO.C5H9N.C2H6O.ClH/c1-3-4-10-19-24-21(26)20(30(28,29)18-13-11-17(23)12-14-18)22(27)25(19)15(2)16-8-6-5-7-9-16;1-3-4-10-19-24-21(26)20(28-18-13-11-17(23)12-14-18)22(27)25(19)15(2)16-8-6-5-7-9-16;1-3-17-12(15)11(13(16)18-4-2)19-10-7-5-9(14)6-8-10;1-3-4-10-13(14)15-11(2)12-8-6-5-7-9-12;1-7(9)8-5-3-2-4-6-8;1-3-5-6-7(8)9-4-2;1-3-4-5-6-2;1-2-3;/h5-9,11-15,26H,3-4,10H2,1-2H3;5-9,11-15,26H,3-4,10H2,1-2H3;5-8,11H,3-4H2,1-2H3;5-9,11H,3-4,10H2,1-2H3,(H2,14,15);2-7H,9H2,1H3;8H,3-6H2,1-2H3;3-5H2,1H3;3H,2H2,1H3;1H/t2*15-;;11-;7-;;;;/m00.00..../s1. The summed E-state index contributed by atoms with van der Waals surface area (Å²) >= 11 is 12.4. The number of nitrogens with two attached hydrogens (primary N) is 2. The molecule has 0 aliphatic rings. The number of sulfone groups is 1. The van der Waals surface area contributed by atoms with Crippen LogP contribution in [0, 0.1) is 12.0 Å². The van der Waals surface area contributed by atoms with E-state index in [1.54, 1.807) is 37.5 Å². The lowest BCUT2D eigenvalue weighted by Gasteiger charge is -2.21. The summed E-state index contributed by atoms with van der Waals surface area (Å²) in [7, 11) is -4.26. The molecule has 0 aliphatic carbocycles. The fourth-order valence-corrected chi connectivity index (χ4v) is 14.6. The number of thioether (sulfide) groups is 1. The number of ether oxygens (including phenoxy) is 3. The third kappa shape index (κ3) is 41.0. The number of hydrogen-bond acceptors (Lipinski definition) is 19. The second-order valence-corrected chi connectivity index (χ2v) is 33.5. The molecule has 21 nitrogen and oxygen atoms in total. The van der Waals surface area contributed by atoms with E-state index >= 15 is 0 Å². The summed E-state index contributed by atoms with van der Waals surface area (Å²) < 4.78 is 46.8. The number of halogens is 4. The lowest BCUT2D eigenvalue weighted by Crippen LogP contribution is -2.32. The van der Waals surface area contributed by atoms with Crippen molar-refractivity contribution in [3.63, 3.8) is 0 Å². The minimum atomic E-state index is -4.26. The maximum absolute atomic E-state index is 13.4. The molecular weight excluding hydrogens is 1790 g/mol. The van der Waals surface area contributed by atoms with Crippen molar-refractivity contribution >= 4 is 117 Å². The summed E-state index contributed by atoms with van der Waals surface area (Å²) in [5.74, 6) is 0.0904. The second kappa shape index (κ2) is 63.5. The number of benzene rings is 7. The number of unbranched alkanes of at least 4 members (excludes halogenated alkanes) is 5. The van der Waals surface area contributed by atoms with E-state index in [4.69, 9.17) is 42.8 Å². The van der Waals surface area contributed by atoms with Gasteiger partial charge in [-0.25, -0.2) is 15.0 Å². The number of nitrogens with zero attached hydrogens (tertiary/aromatic N) is 6. The third-order valence-electron chi connectivity index (χ3n) is 17.1. The predicted molar refractivity (Wildman–Crippen MR) is 503 cm³/mol. The zero-order valence-electron chi connectivity index (χ0n) is 71.4. The average molecular weight is 1920 g/mol. The summed E-state index contributed by atoms with van der Waals surface area (Å²) in [6, 6.07) is 60.1. The Balaban J connectivity index is 0.000000736. The van der Waals surface area contributed by atoms with E-state index in [0.29, 0.717) is 48.0 Å². The van der Waals surface area contributed by atoms with E-state index in [0.717, 1.165) is 125 Å². The molecule has 9 aromatic rings. The third-order valence-corrected chi connectivity index (χ3v) is 22.7. The molecule has 2 heterocycles. The lowest BCUT2D eigenvalue weighted by atomic mass is 10.1. The highest BCUT2D eigenvalue weighted by molar-refractivity contribution is 9.11. The number of hydrogen-bond donors (Lipinski definition) is 6. The number of aromatic hydroxyl groups is 2. The highest BCUT2D eigenvalue weighted by Crippen LogP contribution is 2.34. The first-order valence-corrected chi connectivity index (χ1v) is 45.9. The molecule has 4 atom stereocenters. The zero-order chi connectivity index (χ0) is 88.7. The summed E-state index contributed by atoms with van der Waals surface area (Å²) in [5, 5.41) is 34.8. The van der Waals surface area contributed by atoms with E-state index in [1.165, 1.54) is 39.6 Å². The number of aliphatic hydroxyl groups excluding tert-OH is 1. The first-order valence-electron chi connectivity index (χ1n) is 40.3. The molecule has 0 amide bonds. The van der Waals surface area contributed by atoms with Crippen LogP contribution < -0.4 is 22.6 Å². The largest absolute Gasteiger partial charge is 0.492 e. The van der Waals surface area contributed by atoms with Crippen molar-refractivity contribution in [2.45, 2.75) is 234 Å². The molecule has 0 unspecified atom stereocenters. The molecule has 9 rings (SSSR count). The van der Waals surface area contributed by atoms with E-state index in [-0.39, 0.29) is 71.6 Å². The minimum absolute atomic E-state index is 0. The Hall–Kier alpha value is -8.43. The number of amidine groups is 1. The summed E-state index contributed by atoms with van der Waals surface area (Å²) in [5.41, 5.74) is 14.8. The van der Waals surface area contributed by atoms with Gasteiger partial charge in [0.1, 0.15) is 16.5 Å².